The molecule has 0 radical (unpaired) electrons. The molecule has 2 aliphatic rings. The Balaban J connectivity index is 1.90. The van der Waals surface area contributed by atoms with Crippen molar-refractivity contribution in [2.45, 2.75) is 25.3 Å². The molecule has 84 valence electrons. The number of aldehydes is 1. The summed E-state index contributed by atoms with van der Waals surface area (Å²) in [5, 5.41) is 0. The van der Waals surface area contributed by atoms with Crippen molar-refractivity contribution in [3.05, 3.63) is 28.2 Å². The van der Waals surface area contributed by atoms with Gasteiger partial charge in [0.05, 0.1) is 0 Å². The van der Waals surface area contributed by atoms with Crippen LogP contribution in [0.4, 0.5) is 5.69 Å². The lowest BCUT2D eigenvalue weighted by molar-refractivity contribution is 0.112. The number of piperidine rings is 1. The van der Waals surface area contributed by atoms with Gasteiger partial charge < -0.3 is 4.90 Å². The largest absolute Gasteiger partial charge is 0.368 e. The molecule has 0 aromatic heterocycles. The number of hydrogen-bond donors (Lipinski definition) is 0. The quantitative estimate of drug-likeness (QED) is 0.775. The number of rotatable bonds is 2. The monoisotopic (exact) mass is 279 g/mol. The average Bonchev–Trinajstić information content (AvgIpc) is 2.90. The van der Waals surface area contributed by atoms with Gasteiger partial charge in [-0.1, -0.05) is 0 Å². The summed E-state index contributed by atoms with van der Waals surface area (Å²) >= 11 is 3.45. The van der Waals surface area contributed by atoms with Crippen molar-refractivity contribution in [3.63, 3.8) is 0 Å². The van der Waals surface area contributed by atoms with Crippen LogP contribution in [0.3, 0.4) is 0 Å². The zero-order chi connectivity index (χ0) is 11.1. The van der Waals surface area contributed by atoms with E-state index in [1.807, 2.05) is 6.07 Å². The molecule has 1 saturated carbocycles. The summed E-state index contributed by atoms with van der Waals surface area (Å²) in [6.45, 7) is 1.19. The topological polar surface area (TPSA) is 20.3 Å². The van der Waals surface area contributed by atoms with Gasteiger partial charge in [-0.05, 0) is 59.3 Å². The molecule has 1 aromatic carbocycles. The molecular weight excluding hydrogens is 266 g/mol. The summed E-state index contributed by atoms with van der Waals surface area (Å²) < 4.78 is 0.905. The third-order valence-corrected chi connectivity index (χ3v) is 4.54. The fraction of sp³-hybridized carbons (Fsp3) is 0.462. The van der Waals surface area contributed by atoms with Gasteiger partial charge in [0.1, 0.15) is 0 Å². The third kappa shape index (κ3) is 1.58. The van der Waals surface area contributed by atoms with Gasteiger partial charge in [-0.15, -0.1) is 0 Å². The molecule has 3 rings (SSSR count). The summed E-state index contributed by atoms with van der Waals surface area (Å²) in [5.41, 5.74) is 1.98. The van der Waals surface area contributed by atoms with Crippen LogP contribution in [0.5, 0.6) is 0 Å². The Labute approximate surface area is 104 Å². The Morgan fingerprint density at radius 1 is 1.38 bits per heavy atom. The van der Waals surface area contributed by atoms with E-state index in [2.05, 4.69) is 33.0 Å². The minimum Gasteiger partial charge on any atom is -0.368 e. The van der Waals surface area contributed by atoms with Crippen LogP contribution in [0, 0.1) is 5.92 Å². The number of fused-ring (bicyclic) bond motifs is 2. The maximum atomic E-state index is 10.7. The molecular formula is C13H14BrNO. The first-order valence-corrected chi connectivity index (χ1v) is 6.58. The second-order valence-electron chi connectivity index (χ2n) is 4.81. The van der Waals surface area contributed by atoms with Crippen LogP contribution in [0.25, 0.3) is 0 Å². The van der Waals surface area contributed by atoms with Crippen LogP contribution in [0.1, 0.15) is 29.6 Å². The van der Waals surface area contributed by atoms with E-state index in [9.17, 15) is 4.79 Å². The highest BCUT2D eigenvalue weighted by atomic mass is 79.9. The summed E-state index contributed by atoms with van der Waals surface area (Å²) in [6.07, 6.45) is 4.98. The first-order chi connectivity index (χ1) is 7.78. The predicted molar refractivity (Wildman–Crippen MR) is 68.0 cm³/mol. The summed E-state index contributed by atoms with van der Waals surface area (Å²) in [7, 11) is 0. The molecule has 3 heteroatoms. The van der Waals surface area contributed by atoms with Gasteiger partial charge >= 0.3 is 0 Å². The van der Waals surface area contributed by atoms with Gasteiger partial charge in [-0.25, -0.2) is 0 Å². The van der Waals surface area contributed by atoms with Gasteiger partial charge in [0, 0.05) is 28.3 Å². The molecule has 1 saturated heterocycles. The Morgan fingerprint density at radius 2 is 2.25 bits per heavy atom. The van der Waals surface area contributed by atoms with Crippen LogP contribution in [-0.2, 0) is 0 Å². The van der Waals surface area contributed by atoms with E-state index >= 15 is 0 Å². The maximum absolute atomic E-state index is 10.7. The number of benzene rings is 1. The summed E-state index contributed by atoms with van der Waals surface area (Å²) in [5.74, 6) is 0.898. The minimum atomic E-state index is 0.730. The standard InChI is InChI=1S/C13H14BrNO/c14-13-6-12(4-2-10(13)8-16)15-7-9-1-3-11(15)5-9/h2,4,6,8-9,11H,1,3,5,7H2. The third-order valence-electron chi connectivity index (χ3n) is 3.85. The van der Waals surface area contributed by atoms with E-state index < -0.39 is 0 Å². The smallest absolute Gasteiger partial charge is 0.151 e. The number of hydrogen-bond acceptors (Lipinski definition) is 2. The van der Waals surface area contributed by atoms with Gasteiger partial charge in [0.25, 0.3) is 0 Å². The lowest BCUT2D eigenvalue weighted by Crippen LogP contribution is -2.31. The van der Waals surface area contributed by atoms with Crippen LogP contribution < -0.4 is 4.90 Å². The lowest BCUT2D eigenvalue weighted by atomic mass is 10.1. The fourth-order valence-electron chi connectivity index (χ4n) is 3.03. The van der Waals surface area contributed by atoms with Crippen LogP contribution in [0.15, 0.2) is 22.7 Å². The van der Waals surface area contributed by atoms with Crippen LogP contribution >= 0.6 is 15.9 Å². The molecule has 1 aliphatic heterocycles. The number of carbonyl (C=O) groups excluding carboxylic acids is 1. The molecule has 1 aromatic rings. The Hall–Kier alpha value is -0.830. The van der Waals surface area contributed by atoms with Crippen LogP contribution in [0.2, 0.25) is 0 Å². The van der Waals surface area contributed by atoms with Crippen molar-refractivity contribution in [3.8, 4) is 0 Å². The Kier molecular flexibility index (Phi) is 2.51. The van der Waals surface area contributed by atoms with Crippen molar-refractivity contribution in [2.24, 2.45) is 5.92 Å². The molecule has 2 fully saturated rings. The van der Waals surface area contributed by atoms with E-state index in [4.69, 9.17) is 0 Å². The number of anilines is 1. The van der Waals surface area contributed by atoms with Crippen LogP contribution in [-0.4, -0.2) is 18.9 Å². The van der Waals surface area contributed by atoms with Gasteiger partial charge in [0.2, 0.25) is 0 Å². The molecule has 2 nitrogen and oxygen atoms in total. The zero-order valence-electron chi connectivity index (χ0n) is 9.03. The molecule has 1 heterocycles. The normalized spacial score (nSPS) is 27.4. The highest BCUT2D eigenvalue weighted by molar-refractivity contribution is 9.10. The van der Waals surface area contributed by atoms with Gasteiger partial charge in [-0.2, -0.15) is 0 Å². The minimum absolute atomic E-state index is 0.730. The van der Waals surface area contributed by atoms with Gasteiger partial charge in [0.15, 0.2) is 6.29 Å². The molecule has 2 unspecified atom stereocenters. The van der Waals surface area contributed by atoms with Crippen molar-refractivity contribution in [1.82, 2.24) is 0 Å². The fourth-order valence-corrected chi connectivity index (χ4v) is 3.49. The van der Waals surface area contributed by atoms with E-state index in [-0.39, 0.29) is 0 Å². The summed E-state index contributed by atoms with van der Waals surface area (Å²) in [6, 6.07) is 6.77. The number of nitrogens with zero attached hydrogens (tertiary/aromatic N) is 1. The number of carbonyl (C=O) groups is 1. The van der Waals surface area contributed by atoms with E-state index in [1.165, 1.54) is 31.5 Å². The SMILES string of the molecule is O=Cc1ccc(N2CC3CCC2C3)cc1Br. The molecule has 0 spiro atoms. The highest BCUT2D eigenvalue weighted by Gasteiger charge is 2.37. The van der Waals surface area contributed by atoms with Crippen molar-refractivity contribution in [2.75, 3.05) is 11.4 Å². The highest BCUT2D eigenvalue weighted by Crippen LogP contribution is 2.40. The first-order valence-electron chi connectivity index (χ1n) is 5.79. The predicted octanol–water partition coefficient (Wildman–Crippen LogP) is 3.25. The average molecular weight is 280 g/mol. The zero-order valence-corrected chi connectivity index (χ0v) is 10.6. The first kappa shape index (κ1) is 10.3. The molecule has 2 atom stereocenters. The van der Waals surface area contributed by atoms with Gasteiger partial charge in [-0.3, -0.25) is 4.79 Å². The molecule has 1 aliphatic carbocycles. The molecule has 0 N–H and O–H groups in total. The Morgan fingerprint density at radius 3 is 2.81 bits per heavy atom. The summed E-state index contributed by atoms with van der Waals surface area (Å²) in [4.78, 5) is 13.2. The molecule has 0 amide bonds. The van der Waals surface area contributed by atoms with Crippen molar-refractivity contribution < 1.29 is 4.79 Å². The second-order valence-corrected chi connectivity index (χ2v) is 5.66. The van der Waals surface area contributed by atoms with Crippen molar-refractivity contribution in [1.29, 1.82) is 0 Å². The molecule has 2 bridgehead atoms. The Bertz CT molecular complexity index is 432. The number of halogens is 1. The van der Waals surface area contributed by atoms with E-state index in [0.29, 0.717) is 0 Å². The lowest BCUT2D eigenvalue weighted by Gasteiger charge is -2.29. The second kappa shape index (κ2) is 3.88. The van der Waals surface area contributed by atoms with Crippen molar-refractivity contribution >= 4 is 27.9 Å². The maximum Gasteiger partial charge on any atom is 0.151 e. The van der Waals surface area contributed by atoms with E-state index in [1.54, 1.807) is 0 Å². The van der Waals surface area contributed by atoms with E-state index in [0.717, 1.165) is 28.3 Å². The molecule has 16 heavy (non-hydrogen) atoms.